The SMILES string of the molecule is CCC1CCCCC1C1(N)CCC(C)C1. The molecule has 1 nitrogen and oxygen atoms in total. The zero-order valence-electron chi connectivity index (χ0n) is 10.5. The third kappa shape index (κ3) is 2.22. The minimum absolute atomic E-state index is 0.209. The normalized spacial score (nSPS) is 47.0. The molecule has 4 unspecified atom stereocenters. The second-order valence-corrected chi connectivity index (χ2v) is 6.14. The number of hydrogen-bond acceptors (Lipinski definition) is 1. The molecule has 0 saturated heterocycles. The maximum Gasteiger partial charge on any atom is 0.0188 e. The smallest absolute Gasteiger partial charge is 0.0188 e. The molecular formula is C14H27N. The van der Waals surface area contributed by atoms with Crippen molar-refractivity contribution in [1.29, 1.82) is 0 Å². The molecule has 2 N–H and O–H groups in total. The maximum absolute atomic E-state index is 6.69. The summed E-state index contributed by atoms with van der Waals surface area (Å²) in [4.78, 5) is 0. The highest BCUT2D eigenvalue weighted by Crippen LogP contribution is 2.46. The van der Waals surface area contributed by atoms with Crippen molar-refractivity contribution in [3.8, 4) is 0 Å². The van der Waals surface area contributed by atoms with E-state index in [0.717, 1.165) is 17.8 Å². The minimum Gasteiger partial charge on any atom is -0.325 e. The Bertz CT molecular complexity index is 213. The first-order chi connectivity index (χ1) is 7.15. The fraction of sp³-hybridized carbons (Fsp3) is 1.00. The summed E-state index contributed by atoms with van der Waals surface area (Å²) in [6, 6.07) is 0. The zero-order chi connectivity index (χ0) is 10.9. The molecule has 88 valence electrons. The van der Waals surface area contributed by atoms with E-state index in [1.165, 1.54) is 51.4 Å². The Morgan fingerprint density at radius 3 is 2.53 bits per heavy atom. The molecular weight excluding hydrogens is 182 g/mol. The summed E-state index contributed by atoms with van der Waals surface area (Å²) in [5.74, 6) is 2.63. The van der Waals surface area contributed by atoms with E-state index in [2.05, 4.69) is 13.8 Å². The van der Waals surface area contributed by atoms with Crippen LogP contribution in [0.15, 0.2) is 0 Å². The highest BCUT2D eigenvalue weighted by atomic mass is 14.8. The summed E-state index contributed by atoms with van der Waals surface area (Å²) in [5, 5.41) is 0. The van der Waals surface area contributed by atoms with Crippen LogP contribution in [0.1, 0.15) is 65.2 Å². The third-order valence-corrected chi connectivity index (χ3v) is 5.00. The van der Waals surface area contributed by atoms with E-state index in [4.69, 9.17) is 5.73 Å². The maximum atomic E-state index is 6.69. The van der Waals surface area contributed by atoms with Crippen LogP contribution in [0.25, 0.3) is 0 Å². The molecule has 0 bridgehead atoms. The van der Waals surface area contributed by atoms with Crippen LogP contribution < -0.4 is 5.73 Å². The monoisotopic (exact) mass is 209 g/mol. The van der Waals surface area contributed by atoms with E-state index in [1.807, 2.05) is 0 Å². The molecule has 2 aliphatic rings. The molecule has 2 fully saturated rings. The van der Waals surface area contributed by atoms with Gasteiger partial charge in [0.1, 0.15) is 0 Å². The Hall–Kier alpha value is -0.0400. The second kappa shape index (κ2) is 4.45. The van der Waals surface area contributed by atoms with Crippen molar-refractivity contribution in [3.05, 3.63) is 0 Å². The lowest BCUT2D eigenvalue weighted by molar-refractivity contribution is 0.128. The van der Waals surface area contributed by atoms with Gasteiger partial charge in [-0.1, -0.05) is 39.5 Å². The molecule has 2 rings (SSSR count). The predicted molar refractivity (Wildman–Crippen MR) is 65.7 cm³/mol. The minimum atomic E-state index is 0.209. The molecule has 0 aliphatic heterocycles. The molecule has 15 heavy (non-hydrogen) atoms. The number of rotatable bonds is 2. The molecule has 0 amide bonds. The molecule has 2 aliphatic carbocycles. The Kier molecular flexibility index (Phi) is 3.39. The molecule has 0 aromatic carbocycles. The average molecular weight is 209 g/mol. The zero-order valence-corrected chi connectivity index (χ0v) is 10.5. The van der Waals surface area contributed by atoms with E-state index in [1.54, 1.807) is 0 Å². The second-order valence-electron chi connectivity index (χ2n) is 6.14. The summed E-state index contributed by atoms with van der Waals surface area (Å²) in [5.41, 5.74) is 6.90. The van der Waals surface area contributed by atoms with Crippen molar-refractivity contribution >= 4 is 0 Å². The van der Waals surface area contributed by atoms with Crippen molar-refractivity contribution in [1.82, 2.24) is 0 Å². The van der Waals surface area contributed by atoms with Gasteiger partial charge in [0, 0.05) is 5.54 Å². The molecule has 0 spiro atoms. The van der Waals surface area contributed by atoms with Crippen LogP contribution in [0, 0.1) is 17.8 Å². The van der Waals surface area contributed by atoms with Gasteiger partial charge in [0.2, 0.25) is 0 Å². The van der Waals surface area contributed by atoms with Gasteiger partial charge < -0.3 is 5.73 Å². The van der Waals surface area contributed by atoms with E-state index in [9.17, 15) is 0 Å². The first-order valence-corrected chi connectivity index (χ1v) is 6.94. The van der Waals surface area contributed by atoms with Crippen LogP contribution in [0.3, 0.4) is 0 Å². The van der Waals surface area contributed by atoms with Gasteiger partial charge in [0.05, 0.1) is 0 Å². The number of nitrogens with two attached hydrogens (primary N) is 1. The van der Waals surface area contributed by atoms with Crippen LogP contribution in [0.5, 0.6) is 0 Å². The Morgan fingerprint density at radius 2 is 1.93 bits per heavy atom. The summed E-state index contributed by atoms with van der Waals surface area (Å²) in [6.07, 6.45) is 11.0. The fourth-order valence-corrected chi connectivity index (χ4v) is 4.16. The van der Waals surface area contributed by atoms with Gasteiger partial charge in [0.15, 0.2) is 0 Å². The first kappa shape index (κ1) is 11.4. The van der Waals surface area contributed by atoms with Gasteiger partial charge in [-0.25, -0.2) is 0 Å². The summed E-state index contributed by atoms with van der Waals surface area (Å²) in [7, 11) is 0. The summed E-state index contributed by atoms with van der Waals surface area (Å²) < 4.78 is 0. The van der Waals surface area contributed by atoms with Crippen LogP contribution in [0.4, 0.5) is 0 Å². The summed E-state index contributed by atoms with van der Waals surface area (Å²) >= 11 is 0. The van der Waals surface area contributed by atoms with Crippen LogP contribution >= 0.6 is 0 Å². The molecule has 0 heterocycles. The van der Waals surface area contributed by atoms with Crippen molar-refractivity contribution < 1.29 is 0 Å². The van der Waals surface area contributed by atoms with Gasteiger partial charge in [0.25, 0.3) is 0 Å². The van der Waals surface area contributed by atoms with Crippen LogP contribution in [-0.4, -0.2) is 5.54 Å². The molecule has 4 atom stereocenters. The van der Waals surface area contributed by atoms with Gasteiger partial charge in [-0.2, -0.15) is 0 Å². The van der Waals surface area contributed by atoms with E-state index < -0.39 is 0 Å². The summed E-state index contributed by atoms with van der Waals surface area (Å²) in [6.45, 7) is 4.73. The molecule has 2 saturated carbocycles. The van der Waals surface area contributed by atoms with Crippen LogP contribution in [-0.2, 0) is 0 Å². The van der Waals surface area contributed by atoms with Gasteiger partial charge in [-0.05, 0) is 43.4 Å². The predicted octanol–water partition coefficient (Wildman–Crippen LogP) is 3.72. The molecule has 0 aromatic heterocycles. The average Bonchev–Trinajstić information content (AvgIpc) is 2.60. The van der Waals surface area contributed by atoms with Crippen LogP contribution in [0.2, 0.25) is 0 Å². The van der Waals surface area contributed by atoms with Gasteiger partial charge >= 0.3 is 0 Å². The lowest BCUT2D eigenvalue weighted by atomic mass is 9.67. The van der Waals surface area contributed by atoms with Crippen molar-refractivity contribution in [2.75, 3.05) is 0 Å². The molecule has 1 heteroatoms. The Morgan fingerprint density at radius 1 is 1.20 bits per heavy atom. The highest BCUT2D eigenvalue weighted by molar-refractivity contribution is 5.00. The largest absolute Gasteiger partial charge is 0.325 e. The highest BCUT2D eigenvalue weighted by Gasteiger charge is 2.43. The quantitative estimate of drug-likeness (QED) is 0.737. The molecule has 0 radical (unpaired) electrons. The Balaban J connectivity index is 2.06. The topological polar surface area (TPSA) is 26.0 Å². The third-order valence-electron chi connectivity index (χ3n) is 5.00. The van der Waals surface area contributed by atoms with Gasteiger partial charge in [-0.15, -0.1) is 0 Å². The fourth-order valence-electron chi connectivity index (χ4n) is 4.16. The number of hydrogen-bond donors (Lipinski definition) is 1. The van der Waals surface area contributed by atoms with E-state index in [0.29, 0.717) is 0 Å². The molecule has 0 aromatic rings. The van der Waals surface area contributed by atoms with E-state index in [-0.39, 0.29) is 5.54 Å². The van der Waals surface area contributed by atoms with Crippen molar-refractivity contribution in [3.63, 3.8) is 0 Å². The first-order valence-electron chi connectivity index (χ1n) is 6.94. The van der Waals surface area contributed by atoms with E-state index >= 15 is 0 Å². The van der Waals surface area contributed by atoms with Crippen molar-refractivity contribution in [2.45, 2.75) is 70.8 Å². The van der Waals surface area contributed by atoms with Gasteiger partial charge in [-0.3, -0.25) is 0 Å². The lowest BCUT2D eigenvalue weighted by Gasteiger charge is -2.42. The standard InChI is InChI=1S/C14H27N/c1-3-12-6-4-5-7-13(12)14(15)9-8-11(2)10-14/h11-13H,3-10,15H2,1-2H3. The van der Waals surface area contributed by atoms with Crippen molar-refractivity contribution in [2.24, 2.45) is 23.5 Å². The lowest BCUT2D eigenvalue weighted by Crippen LogP contribution is -2.49. The Labute approximate surface area is 94.8 Å².